The van der Waals surface area contributed by atoms with Crippen LogP contribution >= 0.6 is 0 Å². The Morgan fingerprint density at radius 3 is 2.72 bits per heavy atom. The van der Waals surface area contributed by atoms with Crippen LogP contribution < -0.4 is 5.32 Å². The van der Waals surface area contributed by atoms with E-state index in [1.54, 1.807) is 0 Å². The predicted octanol–water partition coefficient (Wildman–Crippen LogP) is 0.369. The molecule has 0 saturated carbocycles. The third-order valence-electron chi connectivity index (χ3n) is 2.25. The number of carbonyl (C=O) groups is 2. The molecule has 0 radical (unpaired) electrons. The first-order chi connectivity index (χ1) is 8.58. The van der Waals surface area contributed by atoms with E-state index in [2.05, 4.69) is 5.32 Å². The van der Waals surface area contributed by atoms with E-state index in [1.807, 2.05) is 0 Å². The number of carboxylic acid groups (broad SMARTS) is 1. The van der Waals surface area contributed by atoms with Crippen LogP contribution in [0.2, 0.25) is 0 Å². The standard InChI is InChI=1S/C11H15NO6/c1-16-6-8(17-2)4-12-10(13)9-3-7(5-18-9)11(14)15/h3,5,8H,4,6H2,1-2H3,(H,12,13)(H,14,15). The van der Waals surface area contributed by atoms with Gasteiger partial charge in [-0.1, -0.05) is 0 Å². The largest absolute Gasteiger partial charge is 0.478 e. The first-order valence-corrected chi connectivity index (χ1v) is 5.20. The van der Waals surface area contributed by atoms with Crippen molar-refractivity contribution in [1.29, 1.82) is 0 Å². The number of hydrogen-bond donors (Lipinski definition) is 2. The van der Waals surface area contributed by atoms with E-state index in [4.69, 9.17) is 19.0 Å². The van der Waals surface area contributed by atoms with Crippen molar-refractivity contribution < 1.29 is 28.6 Å². The van der Waals surface area contributed by atoms with Crippen molar-refractivity contribution in [3.05, 3.63) is 23.7 Å². The Bertz CT molecular complexity index is 413. The average Bonchev–Trinajstić information content (AvgIpc) is 2.83. The second-order valence-corrected chi connectivity index (χ2v) is 3.53. The third kappa shape index (κ3) is 3.86. The fourth-order valence-corrected chi connectivity index (χ4v) is 1.26. The van der Waals surface area contributed by atoms with Gasteiger partial charge in [0.25, 0.3) is 5.91 Å². The lowest BCUT2D eigenvalue weighted by Crippen LogP contribution is -2.35. The SMILES string of the molecule is COCC(CNC(=O)c1cc(C(=O)O)co1)OC. The van der Waals surface area contributed by atoms with E-state index in [9.17, 15) is 9.59 Å². The smallest absolute Gasteiger partial charge is 0.338 e. The van der Waals surface area contributed by atoms with Crippen molar-refractivity contribution in [3.8, 4) is 0 Å². The van der Waals surface area contributed by atoms with E-state index in [0.717, 1.165) is 12.3 Å². The number of furan rings is 1. The molecule has 18 heavy (non-hydrogen) atoms. The number of carbonyl (C=O) groups excluding carboxylic acids is 1. The van der Waals surface area contributed by atoms with Crippen molar-refractivity contribution >= 4 is 11.9 Å². The van der Waals surface area contributed by atoms with E-state index in [-0.39, 0.29) is 24.0 Å². The Morgan fingerprint density at radius 2 is 2.22 bits per heavy atom. The molecule has 0 saturated heterocycles. The van der Waals surface area contributed by atoms with Crippen LogP contribution in [0, 0.1) is 0 Å². The molecule has 1 aromatic rings. The molecule has 0 fully saturated rings. The molecule has 2 N–H and O–H groups in total. The fourth-order valence-electron chi connectivity index (χ4n) is 1.26. The van der Waals surface area contributed by atoms with Crippen molar-refractivity contribution in [2.75, 3.05) is 27.4 Å². The minimum Gasteiger partial charge on any atom is -0.478 e. The highest BCUT2D eigenvalue weighted by Gasteiger charge is 2.16. The molecule has 1 unspecified atom stereocenters. The van der Waals surface area contributed by atoms with Crippen LogP contribution in [-0.2, 0) is 9.47 Å². The molecule has 7 heteroatoms. The lowest BCUT2D eigenvalue weighted by atomic mass is 10.3. The summed E-state index contributed by atoms with van der Waals surface area (Å²) in [5, 5.41) is 11.2. The summed E-state index contributed by atoms with van der Waals surface area (Å²) < 4.78 is 14.8. The van der Waals surface area contributed by atoms with Crippen LogP contribution in [-0.4, -0.2) is 50.5 Å². The zero-order valence-electron chi connectivity index (χ0n) is 10.1. The van der Waals surface area contributed by atoms with E-state index < -0.39 is 11.9 Å². The maximum atomic E-state index is 11.6. The molecular weight excluding hydrogens is 242 g/mol. The van der Waals surface area contributed by atoms with Gasteiger partial charge in [-0.25, -0.2) is 4.79 Å². The Labute approximate surface area is 104 Å². The van der Waals surface area contributed by atoms with Crippen LogP contribution in [0.15, 0.2) is 16.7 Å². The average molecular weight is 257 g/mol. The number of aromatic carboxylic acids is 1. The monoisotopic (exact) mass is 257 g/mol. The molecule has 0 aromatic carbocycles. The van der Waals surface area contributed by atoms with Gasteiger partial charge in [-0.3, -0.25) is 4.79 Å². The molecule has 7 nitrogen and oxygen atoms in total. The van der Waals surface area contributed by atoms with Crippen molar-refractivity contribution in [3.63, 3.8) is 0 Å². The highest BCUT2D eigenvalue weighted by Crippen LogP contribution is 2.07. The number of nitrogens with one attached hydrogen (secondary N) is 1. The summed E-state index contributed by atoms with van der Waals surface area (Å²) in [5.41, 5.74) is -0.0691. The second-order valence-electron chi connectivity index (χ2n) is 3.53. The summed E-state index contributed by atoms with van der Waals surface area (Å²) in [6.45, 7) is 0.585. The van der Waals surface area contributed by atoms with E-state index >= 15 is 0 Å². The van der Waals surface area contributed by atoms with Gasteiger partial charge in [-0.05, 0) is 0 Å². The van der Waals surface area contributed by atoms with Gasteiger partial charge < -0.3 is 24.3 Å². The third-order valence-corrected chi connectivity index (χ3v) is 2.25. The van der Waals surface area contributed by atoms with Gasteiger partial charge in [0, 0.05) is 26.8 Å². The topological polar surface area (TPSA) is 98.0 Å². The van der Waals surface area contributed by atoms with Gasteiger partial charge in [0.15, 0.2) is 5.76 Å². The first kappa shape index (κ1) is 14.2. The number of hydrogen-bond acceptors (Lipinski definition) is 5. The quantitative estimate of drug-likeness (QED) is 0.732. The lowest BCUT2D eigenvalue weighted by Gasteiger charge is -2.14. The molecule has 1 atom stereocenters. The van der Waals surface area contributed by atoms with Crippen LogP contribution in [0.5, 0.6) is 0 Å². The highest BCUT2D eigenvalue weighted by molar-refractivity contribution is 5.95. The molecule has 0 bridgehead atoms. The van der Waals surface area contributed by atoms with Crippen LogP contribution in [0.25, 0.3) is 0 Å². The van der Waals surface area contributed by atoms with Crippen molar-refractivity contribution in [2.24, 2.45) is 0 Å². The molecular formula is C11H15NO6. The zero-order valence-corrected chi connectivity index (χ0v) is 10.1. The normalized spacial score (nSPS) is 12.1. The van der Waals surface area contributed by atoms with Gasteiger partial charge in [0.1, 0.15) is 6.26 Å². The molecule has 0 aliphatic rings. The summed E-state index contributed by atoms with van der Waals surface area (Å²) in [6, 6.07) is 1.16. The van der Waals surface area contributed by atoms with E-state index in [0.29, 0.717) is 6.61 Å². The summed E-state index contributed by atoms with van der Waals surface area (Å²) in [6.07, 6.45) is 0.744. The molecule has 1 aromatic heterocycles. The number of amides is 1. The first-order valence-electron chi connectivity index (χ1n) is 5.20. The molecule has 0 aliphatic heterocycles. The minimum absolute atomic E-state index is 0.0559. The molecule has 1 amide bonds. The molecule has 100 valence electrons. The predicted molar refractivity (Wildman–Crippen MR) is 60.7 cm³/mol. The van der Waals surface area contributed by atoms with Crippen molar-refractivity contribution in [1.82, 2.24) is 5.32 Å². The minimum atomic E-state index is -1.15. The number of carboxylic acids is 1. The van der Waals surface area contributed by atoms with Crippen molar-refractivity contribution in [2.45, 2.75) is 6.10 Å². The zero-order chi connectivity index (χ0) is 13.5. The Hall–Kier alpha value is -1.86. The van der Waals surface area contributed by atoms with Gasteiger partial charge in [-0.2, -0.15) is 0 Å². The highest BCUT2D eigenvalue weighted by atomic mass is 16.5. The van der Waals surface area contributed by atoms with E-state index in [1.165, 1.54) is 14.2 Å². The van der Waals surface area contributed by atoms with Crippen LogP contribution in [0.1, 0.15) is 20.9 Å². The Balaban J connectivity index is 2.51. The maximum Gasteiger partial charge on any atom is 0.338 e. The summed E-state index contributed by atoms with van der Waals surface area (Å²) >= 11 is 0. The molecule has 1 rings (SSSR count). The van der Waals surface area contributed by atoms with Crippen LogP contribution in [0.4, 0.5) is 0 Å². The summed E-state index contributed by atoms with van der Waals surface area (Å²) in [7, 11) is 3.03. The van der Waals surface area contributed by atoms with Crippen LogP contribution in [0.3, 0.4) is 0 Å². The lowest BCUT2D eigenvalue weighted by molar-refractivity contribution is 0.0283. The number of ether oxygens (including phenoxy) is 2. The Morgan fingerprint density at radius 1 is 1.50 bits per heavy atom. The van der Waals surface area contributed by atoms with Gasteiger partial charge in [0.05, 0.1) is 18.3 Å². The van der Waals surface area contributed by atoms with Gasteiger partial charge >= 0.3 is 5.97 Å². The maximum absolute atomic E-state index is 11.6. The summed E-state index contributed by atoms with van der Waals surface area (Å²) in [4.78, 5) is 22.2. The number of rotatable bonds is 7. The molecule has 1 heterocycles. The van der Waals surface area contributed by atoms with Gasteiger partial charge in [0.2, 0.25) is 0 Å². The molecule has 0 aliphatic carbocycles. The van der Waals surface area contributed by atoms with Gasteiger partial charge in [-0.15, -0.1) is 0 Å². The molecule has 0 spiro atoms. The summed E-state index contributed by atoms with van der Waals surface area (Å²) in [5.74, 6) is -1.70. The Kier molecular flexibility index (Phi) is 5.34. The second kappa shape index (κ2) is 6.77. The number of methoxy groups -OCH3 is 2. The fraction of sp³-hybridized carbons (Fsp3) is 0.455.